The van der Waals surface area contributed by atoms with Gasteiger partial charge in [-0.15, -0.1) is 0 Å². The fourth-order valence-electron chi connectivity index (χ4n) is 13.4. The Morgan fingerprint density at radius 1 is 0.287 bits per heavy atom. The van der Waals surface area contributed by atoms with Gasteiger partial charge >= 0.3 is 39.5 Å². The van der Waals surface area contributed by atoms with E-state index < -0.39 is 97.5 Å². The molecule has 638 valence electrons. The predicted molar refractivity (Wildman–Crippen MR) is 446 cm³/mol. The summed E-state index contributed by atoms with van der Waals surface area (Å²) in [5.74, 6) is -0.609. The maximum atomic E-state index is 13.2. The lowest BCUT2D eigenvalue weighted by Crippen LogP contribution is -2.30. The van der Waals surface area contributed by atoms with E-state index in [0.717, 1.165) is 115 Å². The smallest absolute Gasteiger partial charge is 0.462 e. The van der Waals surface area contributed by atoms with Crippen LogP contribution in [0.25, 0.3) is 0 Å². The molecule has 0 heterocycles. The minimum absolute atomic E-state index is 0.0846. The Morgan fingerprint density at radius 2 is 0.500 bits per heavy atom. The zero-order chi connectivity index (χ0) is 79.2. The zero-order valence-corrected chi connectivity index (χ0v) is 72.4. The van der Waals surface area contributed by atoms with Crippen LogP contribution < -0.4 is 0 Å². The van der Waals surface area contributed by atoms with Crippen LogP contribution in [0.15, 0.2) is 24.3 Å². The first kappa shape index (κ1) is 106. The summed E-state index contributed by atoms with van der Waals surface area (Å²) in [6, 6.07) is 0. The Balaban J connectivity index is 5.23. The molecule has 2 unspecified atom stereocenters. The number of phosphoric acid groups is 2. The highest BCUT2D eigenvalue weighted by Gasteiger charge is 2.30. The predicted octanol–water partition coefficient (Wildman–Crippen LogP) is 27.0. The first-order valence-corrected chi connectivity index (χ1v) is 48.3. The molecule has 0 saturated heterocycles. The van der Waals surface area contributed by atoms with E-state index in [1.54, 1.807) is 0 Å². The van der Waals surface area contributed by atoms with Gasteiger partial charge in [0.2, 0.25) is 0 Å². The van der Waals surface area contributed by atoms with Crippen molar-refractivity contribution in [3.63, 3.8) is 0 Å². The number of aliphatic hydroxyl groups is 1. The minimum Gasteiger partial charge on any atom is -0.462 e. The molecule has 0 saturated carbocycles. The summed E-state index contributed by atoms with van der Waals surface area (Å²) in [5.41, 5.74) is 0. The number of hydrogen-bond donors (Lipinski definition) is 3. The Morgan fingerprint density at radius 3 is 0.759 bits per heavy atom. The van der Waals surface area contributed by atoms with Crippen molar-refractivity contribution < 1.29 is 80.2 Å². The number of allylic oxidation sites excluding steroid dienone is 4. The minimum atomic E-state index is -4.97. The number of hydrogen-bond acceptors (Lipinski definition) is 15. The Hall–Kier alpha value is -2.46. The molecule has 0 spiro atoms. The number of carbonyl (C=O) groups excluding carboxylic acids is 4. The van der Waals surface area contributed by atoms with Gasteiger partial charge < -0.3 is 33.8 Å². The summed E-state index contributed by atoms with van der Waals surface area (Å²) in [4.78, 5) is 73.2. The number of aliphatic hydroxyl groups excluding tert-OH is 1. The topological polar surface area (TPSA) is 237 Å². The maximum Gasteiger partial charge on any atom is 0.472 e. The quantitative estimate of drug-likeness (QED) is 0.0169. The number of phosphoric ester groups is 2. The highest BCUT2D eigenvalue weighted by Crippen LogP contribution is 2.45. The van der Waals surface area contributed by atoms with Crippen LogP contribution in [0.3, 0.4) is 0 Å². The van der Waals surface area contributed by atoms with Crippen molar-refractivity contribution in [3.8, 4) is 0 Å². The highest BCUT2D eigenvalue weighted by molar-refractivity contribution is 7.47. The molecule has 5 atom stereocenters. The van der Waals surface area contributed by atoms with Crippen LogP contribution in [0.5, 0.6) is 0 Å². The molecular formula is C89H170O17P2. The SMILES string of the molecule is CCCCCC/C=C\C=C/CCCCCCCC(=O)O[C@H](COC(=O)CCCCCCCCCC(C)C)COP(=O)(O)OC[C@H](O)COP(=O)(O)OC[C@@H](COC(=O)CCCCCCCCCCCCCCCCCCCCC(C)C)OC(=O)CCCCCCCCCCCCCCCCCCCCCCCC. The molecule has 0 rings (SSSR count). The van der Waals surface area contributed by atoms with E-state index in [-0.39, 0.29) is 25.7 Å². The second kappa shape index (κ2) is 79.8. The van der Waals surface area contributed by atoms with E-state index in [1.807, 2.05) is 0 Å². The summed E-state index contributed by atoms with van der Waals surface area (Å²) >= 11 is 0. The lowest BCUT2D eigenvalue weighted by Gasteiger charge is -2.21. The monoisotopic (exact) mass is 1570 g/mol. The average molecular weight is 1570 g/mol. The zero-order valence-electron chi connectivity index (χ0n) is 70.6. The highest BCUT2D eigenvalue weighted by atomic mass is 31.2. The summed E-state index contributed by atoms with van der Waals surface area (Å²) in [7, 11) is -9.94. The van der Waals surface area contributed by atoms with Gasteiger partial charge in [-0.25, -0.2) is 9.13 Å². The molecule has 0 aliphatic carbocycles. The molecule has 0 aromatic carbocycles. The normalized spacial score (nSPS) is 13.9. The van der Waals surface area contributed by atoms with Gasteiger partial charge in [0.25, 0.3) is 0 Å². The van der Waals surface area contributed by atoms with Crippen LogP contribution in [0.4, 0.5) is 0 Å². The molecule has 3 N–H and O–H groups in total. The fraction of sp³-hybridized carbons (Fsp3) is 0.910. The Kier molecular flexibility index (Phi) is 77.9. The molecule has 0 amide bonds. The molecule has 0 aliphatic heterocycles. The third-order valence-electron chi connectivity index (χ3n) is 20.3. The largest absolute Gasteiger partial charge is 0.472 e. The Bertz CT molecular complexity index is 2160. The van der Waals surface area contributed by atoms with Crippen molar-refractivity contribution in [1.82, 2.24) is 0 Å². The second-order valence-corrected chi connectivity index (χ2v) is 35.2. The van der Waals surface area contributed by atoms with Gasteiger partial charge in [0.1, 0.15) is 19.3 Å². The number of unbranched alkanes of at least 4 members (excludes halogenated alkanes) is 53. The summed E-state index contributed by atoms with van der Waals surface area (Å²) in [6.07, 6.45) is 76.1. The van der Waals surface area contributed by atoms with Crippen molar-refractivity contribution in [2.45, 2.75) is 471 Å². The number of carbonyl (C=O) groups is 4. The van der Waals surface area contributed by atoms with Crippen molar-refractivity contribution in [2.24, 2.45) is 11.8 Å². The van der Waals surface area contributed by atoms with Gasteiger partial charge in [-0.1, -0.05) is 400 Å². The van der Waals surface area contributed by atoms with Crippen LogP contribution in [0.1, 0.15) is 452 Å². The fourth-order valence-corrected chi connectivity index (χ4v) is 15.0. The van der Waals surface area contributed by atoms with Crippen LogP contribution in [-0.2, 0) is 65.4 Å². The third-order valence-corrected chi connectivity index (χ3v) is 22.2. The van der Waals surface area contributed by atoms with E-state index >= 15 is 0 Å². The van der Waals surface area contributed by atoms with E-state index in [9.17, 15) is 43.2 Å². The van der Waals surface area contributed by atoms with E-state index in [0.29, 0.717) is 31.6 Å². The lowest BCUT2D eigenvalue weighted by atomic mass is 10.0. The van der Waals surface area contributed by atoms with E-state index in [2.05, 4.69) is 65.8 Å². The van der Waals surface area contributed by atoms with Crippen molar-refractivity contribution in [2.75, 3.05) is 39.6 Å². The number of esters is 4. The van der Waals surface area contributed by atoms with Gasteiger partial charge in [0.05, 0.1) is 26.4 Å². The van der Waals surface area contributed by atoms with Crippen LogP contribution in [-0.4, -0.2) is 96.7 Å². The third kappa shape index (κ3) is 81.6. The molecular weight excluding hydrogens is 1400 g/mol. The number of ether oxygens (including phenoxy) is 4. The van der Waals surface area contributed by atoms with Crippen LogP contribution >= 0.6 is 15.6 Å². The van der Waals surface area contributed by atoms with E-state index in [4.69, 9.17) is 37.0 Å². The summed E-state index contributed by atoms with van der Waals surface area (Å²) in [6.45, 7) is 9.59. The molecule has 0 aromatic rings. The van der Waals surface area contributed by atoms with Gasteiger partial charge in [0.15, 0.2) is 12.2 Å². The molecule has 0 fully saturated rings. The van der Waals surface area contributed by atoms with Gasteiger partial charge in [-0.2, -0.15) is 0 Å². The van der Waals surface area contributed by atoms with Gasteiger partial charge in [0, 0.05) is 25.7 Å². The molecule has 108 heavy (non-hydrogen) atoms. The molecule has 0 aromatic heterocycles. The molecule has 0 aliphatic rings. The maximum absolute atomic E-state index is 13.2. The van der Waals surface area contributed by atoms with Gasteiger partial charge in [-0.3, -0.25) is 37.3 Å². The van der Waals surface area contributed by atoms with Crippen LogP contribution in [0, 0.1) is 11.8 Å². The number of rotatable bonds is 86. The van der Waals surface area contributed by atoms with Crippen molar-refractivity contribution >= 4 is 39.5 Å². The standard InChI is InChI=1S/C89H170O17P2/c1-7-9-11-13-15-17-19-21-23-24-25-26-27-28-33-37-41-45-49-55-62-68-74-88(93)105-84(77-99-86(91)71-65-59-53-47-43-39-36-32-30-29-31-35-38-42-46-51-57-63-69-81(3)4)79-103-107(95,96)101-75-83(90)76-102-108(97,98)104-80-85(78-100-87(92)72-66-60-56-50-52-58-64-70-82(5)6)106-89(94)73-67-61-54-48-44-40-34-22-20-18-16-14-12-10-8-2/h18,20,22,34,81-85,90H,7-17,19,21,23-33,35-80H2,1-6H3,(H,95,96)(H,97,98)/b20-18-,34-22-/t83-,84-,85-/m1/s1. The molecule has 19 heteroatoms. The van der Waals surface area contributed by atoms with Crippen molar-refractivity contribution in [1.29, 1.82) is 0 Å². The second-order valence-electron chi connectivity index (χ2n) is 32.3. The first-order chi connectivity index (χ1) is 52.4. The van der Waals surface area contributed by atoms with Gasteiger partial charge in [-0.05, 0) is 63.2 Å². The summed E-state index contributed by atoms with van der Waals surface area (Å²) < 4.78 is 68.9. The molecule has 0 bridgehead atoms. The first-order valence-electron chi connectivity index (χ1n) is 45.3. The Labute approximate surface area is 663 Å². The summed E-state index contributed by atoms with van der Waals surface area (Å²) in [5, 5.41) is 10.7. The molecule has 0 radical (unpaired) electrons. The average Bonchev–Trinajstić information content (AvgIpc) is 0.899. The van der Waals surface area contributed by atoms with E-state index in [1.165, 1.54) is 250 Å². The lowest BCUT2D eigenvalue weighted by molar-refractivity contribution is -0.161. The van der Waals surface area contributed by atoms with Crippen molar-refractivity contribution in [3.05, 3.63) is 24.3 Å². The molecule has 17 nitrogen and oxygen atoms in total. The van der Waals surface area contributed by atoms with Crippen LogP contribution in [0.2, 0.25) is 0 Å².